The molecule has 17 heteroatoms. The van der Waals surface area contributed by atoms with E-state index in [9.17, 15) is 33.3 Å². The summed E-state index contributed by atoms with van der Waals surface area (Å²) in [6.45, 7) is 7.43. The van der Waals surface area contributed by atoms with Crippen LogP contribution in [0.15, 0.2) is 36.9 Å². The van der Waals surface area contributed by atoms with Crippen molar-refractivity contribution in [3.8, 4) is 5.75 Å². The summed E-state index contributed by atoms with van der Waals surface area (Å²) in [6.07, 6.45) is -1.07. The molecule has 0 unspecified atom stereocenters. The first-order valence-corrected chi connectivity index (χ1v) is 14.1. The molecule has 42 heavy (non-hydrogen) atoms. The summed E-state index contributed by atoms with van der Waals surface area (Å²) in [7, 11) is -4.73. The number of aromatic nitrogens is 4. The van der Waals surface area contributed by atoms with Crippen LogP contribution in [0.1, 0.15) is 51.2 Å². The first-order chi connectivity index (χ1) is 19.4. The van der Waals surface area contributed by atoms with E-state index >= 15 is 0 Å². The van der Waals surface area contributed by atoms with Gasteiger partial charge >= 0.3 is 16.4 Å². The maximum absolute atomic E-state index is 12.5. The summed E-state index contributed by atoms with van der Waals surface area (Å²) in [6, 6.07) is 5.31. The monoisotopic (exact) mass is 606 g/mol. The molecule has 1 aromatic carbocycles. The van der Waals surface area contributed by atoms with Crippen LogP contribution in [0, 0.1) is 5.41 Å². The van der Waals surface area contributed by atoms with Crippen LogP contribution in [-0.4, -0.2) is 84.8 Å². The van der Waals surface area contributed by atoms with Crippen molar-refractivity contribution < 1.29 is 47.0 Å². The Kier molecular flexibility index (Phi) is 6.74. The van der Waals surface area contributed by atoms with Crippen molar-refractivity contribution in [3.05, 3.63) is 42.5 Å². The van der Waals surface area contributed by atoms with Crippen LogP contribution in [0.4, 0.5) is 10.6 Å². The second kappa shape index (κ2) is 9.56. The molecule has 3 heterocycles. The Morgan fingerprint density at radius 2 is 1.81 bits per heavy atom. The number of rotatable bonds is 7. The summed E-state index contributed by atoms with van der Waals surface area (Å²) >= 11 is 0. The van der Waals surface area contributed by atoms with Crippen molar-refractivity contribution in [2.45, 2.75) is 63.8 Å². The Morgan fingerprint density at radius 1 is 1.12 bits per heavy atom. The Bertz CT molecular complexity index is 1690. The fourth-order valence-corrected chi connectivity index (χ4v) is 6.05. The number of amides is 2. The number of benzene rings is 1. The molecule has 0 radical (unpaired) electrons. The Labute approximate surface area is 239 Å². The lowest BCUT2D eigenvalue weighted by atomic mass is 10.0. The molecule has 1 aliphatic heterocycles. The van der Waals surface area contributed by atoms with Gasteiger partial charge in [0.15, 0.2) is 23.2 Å². The van der Waals surface area contributed by atoms with Gasteiger partial charge in [-0.3, -0.25) is 18.9 Å². The highest BCUT2D eigenvalue weighted by Crippen LogP contribution is 2.75. The summed E-state index contributed by atoms with van der Waals surface area (Å²) in [5.41, 5.74) is -5.96. The van der Waals surface area contributed by atoms with E-state index in [1.165, 1.54) is 35.2 Å². The average molecular weight is 607 g/mol. The van der Waals surface area contributed by atoms with E-state index in [1.54, 1.807) is 39.3 Å². The zero-order chi connectivity index (χ0) is 30.9. The molecular formula is C25H30N6O10S. The summed E-state index contributed by atoms with van der Waals surface area (Å²) < 4.78 is 44.2. The quantitative estimate of drug-likeness (QED) is 0.253. The molecule has 0 spiro atoms. The number of anilines is 1. The van der Waals surface area contributed by atoms with E-state index in [0.29, 0.717) is 0 Å². The van der Waals surface area contributed by atoms with E-state index in [1.807, 2.05) is 0 Å². The minimum atomic E-state index is -4.73. The first-order valence-electron chi connectivity index (χ1n) is 12.7. The van der Waals surface area contributed by atoms with Crippen molar-refractivity contribution in [1.82, 2.24) is 24.2 Å². The highest BCUT2D eigenvalue weighted by Gasteiger charge is 2.92. The zero-order valence-corrected chi connectivity index (χ0v) is 24.0. The van der Waals surface area contributed by atoms with Crippen LogP contribution >= 0.6 is 0 Å². The van der Waals surface area contributed by atoms with Crippen molar-refractivity contribution in [1.29, 1.82) is 0 Å². The van der Waals surface area contributed by atoms with Crippen molar-refractivity contribution in [2.24, 2.45) is 5.41 Å². The summed E-state index contributed by atoms with van der Waals surface area (Å²) in [5, 5.41) is 35.5. The van der Waals surface area contributed by atoms with Crippen LogP contribution in [0.3, 0.4) is 0 Å². The lowest BCUT2D eigenvalue weighted by Crippen LogP contribution is -2.40. The largest absolute Gasteiger partial charge is 0.507 e. The topological polar surface area (TPSA) is 224 Å². The van der Waals surface area contributed by atoms with Crippen molar-refractivity contribution in [2.75, 3.05) is 11.9 Å². The van der Waals surface area contributed by atoms with Crippen molar-refractivity contribution in [3.63, 3.8) is 0 Å². The number of ether oxygens (including phenoxy) is 2. The van der Waals surface area contributed by atoms with Gasteiger partial charge in [0.05, 0.1) is 18.5 Å². The van der Waals surface area contributed by atoms with Crippen LogP contribution in [0.5, 0.6) is 5.75 Å². The minimum absolute atomic E-state index is 0.0227. The second-order valence-electron chi connectivity index (χ2n) is 11.5. The third-order valence-corrected chi connectivity index (χ3v) is 8.39. The smallest absolute Gasteiger partial charge is 0.413 e. The molecule has 3 aromatic rings. The van der Waals surface area contributed by atoms with Gasteiger partial charge in [0.25, 0.3) is 5.91 Å². The molecule has 2 amide bonds. The number of aliphatic hydroxyl groups is 2. The minimum Gasteiger partial charge on any atom is -0.507 e. The Balaban J connectivity index is 1.37. The third-order valence-electron chi connectivity index (χ3n) is 7.51. The predicted octanol–water partition coefficient (Wildman–Crippen LogP) is 0.970. The molecule has 16 nitrogen and oxygen atoms in total. The molecule has 5 N–H and O–H groups in total. The number of carbonyl (C=O) groups excluding carboxylic acids is 2. The summed E-state index contributed by atoms with van der Waals surface area (Å²) in [4.78, 5) is 37.1. The molecule has 2 fully saturated rings. The van der Waals surface area contributed by atoms with E-state index in [0.717, 1.165) is 6.33 Å². The Hall–Kier alpha value is -3.90. The maximum Gasteiger partial charge on any atom is 0.413 e. The van der Waals surface area contributed by atoms with Gasteiger partial charge in [-0.2, -0.15) is 8.42 Å². The number of phenols is 1. The van der Waals surface area contributed by atoms with Gasteiger partial charge in [-0.25, -0.2) is 24.5 Å². The number of para-hydroxylation sites is 1. The number of phenolic OH excluding ortho intramolecular Hbond substituents is 1. The summed E-state index contributed by atoms with van der Waals surface area (Å²) in [5.74, 6) is -1.55. The highest BCUT2D eigenvalue weighted by atomic mass is 32.2. The average Bonchev–Trinajstić information content (AvgIpc) is 3.22. The number of nitrogens with one attached hydrogen (secondary N) is 2. The standard InChI is InChI=1S/C25H30N6O10S/c1-22(2,3)41-21(34)29-17-16-18(27-11-26-17)31(12-28-16)20-25(36)23(4,5)24(25,35)15(40-20)10-39-42(37,38)30-19(33)13-8-6-7-9-14(13)32/h6-9,11-12,15,20,32,35-36H,10H2,1-5H3,(H,30,33)(H,26,27,29,34)/t15-,20-,24+,25-/m1/s1. The molecule has 4 atom stereocenters. The fourth-order valence-electron chi connectivity index (χ4n) is 5.35. The van der Waals surface area contributed by atoms with Crippen LogP contribution in [-0.2, 0) is 24.0 Å². The molecule has 1 saturated carbocycles. The van der Waals surface area contributed by atoms with Gasteiger partial charge in [0, 0.05) is 5.41 Å². The first kappa shape index (κ1) is 29.6. The van der Waals surface area contributed by atoms with E-state index in [-0.39, 0.29) is 22.5 Å². The van der Waals surface area contributed by atoms with E-state index < -0.39 is 69.2 Å². The molecule has 226 valence electrons. The lowest BCUT2D eigenvalue weighted by molar-refractivity contribution is -0.120. The fraction of sp³-hybridized carbons (Fsp3) is 0.480. The van der Waals surface area contributed by atoms with Crippen LogP contribution < -0.4 is 10.0 Å². The number of imidazole rings is 1. The number of hydrogen-bond acceptors (Lipinski definition) is 13. The van der Waals surface area contributed by atoms with Gasteiger partial charge < -0.3 is 24.8 Å². The zero-order valence-electron chi connectivity index (χ0n) is 23.2. The number of nitrogens with zero attached hydrogens (tertiary/aromatic N) is 4. The third kappa shape index (κ3) is 4.53. The normalized spacial score (nSPS) is 26.5. The maximum atomic E-state index is 12.5. The van der Waals surface area contributed by atoms with Crippen LogP contribution in [0.2, 0.25) is 0 Å². The number of hydrogen-bond donors (Lipinski definition) is 5. The van der Waals surface area contributed by atoms with Gasteiger partial charge in [0.1, 0.15) is 35.0 Å². The van der Waals surface area contributed by atoms with Crippen LogP contribution in [0.25, 0.3) is 11.2 Å². The van der Waals surface area contributed by atoms with Gasteiger partial charge in [-0.1, -0.05) is 26.0 Å². The predicted molar refractivity (Wildman–Crippen MR) is 143 cm³/mol. The molecule has 1 saturated heterocycles. The van der Waals surface area contributed by atoms with Gasteiger partial charge in [0.2, 0.25) is 0 Å². The van der Waals surface area contributed by atoms with Crippen molar-refractivity contribution >= 4 is 39.3 Å². The Morgan fingerprint density at radius 3 is 2.48 bits per heavy atom. The lowest BCUT2D eigenvalue weighted by Gasteiger charge is -2.27. The van der Waals surface area contributed by atoms with Gasteiger partial charge in [-0.05, 0) is 32.9 Å². The van der Waals surface area contributed by atoms with E-state index in [2.05, 4.69) is 20.3 Å². The second-order valence-corrected chi connectivity index (χ2v) is 12.8. The number of aromatic hydroxyl groups is 1. The van der Waals surface area contributed by atoms with Gasteiger partial charge in [-0.15, -0.1) is 0 Å². The molecule has 5 rings (SSSR count). The number of carbonyl (C=O) groups is 2. The molecular weight excluding hydrogens is 576 g/mol. The molecule has 1 aliphatic carbocycles. The molecule has 2 aromatic heterocycles. The highest BCUT2D eigenvalue weighted by molar-refractivity contribution is 7.85. The molecule has 0 bridgehead atoms. The number of fused-ring (bicyclic) bond motifs is 2. The SMILES string of the molecule is CC(C)(C)OC(=O)Nc1ncnc2c1ncn2[C@@H]1O[C@H](COS(=O)(=O)NC(=O)c2ccccc2O)[C@]2(O)C(C)(C)[C@]12O. The van der Waals surface area contributed by atoms with E-state index in [4.69, 9.17) is 13.7 Å². The molecule has 2 aliphatic rings.